The van der Waals surface area contributed by atoms with Gasteiger partial charge < -0.3 is 26.0 Å². The van der Waals surface area contributed by atoms with Gasteiger partial charge in [0.15, 0.2) is 11.8 Å². The van der Waals surface area contributed by atoms with Crippen molar-refractivity contribution in [1.29, 1.82) is 0 Å². The maximum absolute atomic E-state index is 6.65. The first-order valence-corrected chi connectivity index (χ1v) is 11.7. The fraction of sp³-hybridized carbons (Fsp3) is 0.185. The topological polar surface area (TPSA) is 109 Å². The Balaban J connectivity index is 1.31. The normalized spacial score (nSPS) is 19.1. The molecule has 3 heterocycles. The molecule has 8 heteroatoms. The summed E-state index contributed by atoms with van der Waals surface area (Å²) in [5.74, 6) is 2.70. The lowest BCUT2D eigenvalue weighted by Gasteiger charge is -2.44. The Morgan fingerprint density at radius 2 is 1.74 bits per heavy atom. The summed E-state index contributed by atoms with van der Waals surface area (Å²) in [5, 5.41) is 6.98. The smallest absolute Gasteiger partial charge is 0.199 e. The molecule has 8 nitrogen and oxygen atoms in total. The van der Waals surface area contributed by atoms with Crippen molar-refractivity contribution in [3.05, 3.63) is 102 Å². The molecule has 2 unspecified atom stereocenters. The van der Waals surface area contributed by atoms with E-state index in [9.17, 15) is 0 Å². The van der Waals surface area contributed by atoms with Crippen molar-refractivity contribution < 1.29 is 4.74 Å². The number of aromatic amines is 1. The zero-order valence-corrected chi connectivity index (χ0v) is 19.2. The number of guanidine groups is 1. The van der Waals surface area contributed by atoms with Gasteiger partial charge in [-0.1, -0.05) is 54.6 Å². The Bertz CT molecular complexity index is 1370. The summed E-state index contributed by atoms with van der Waals surface area (Å²) < 4.78 is 6.24. The monoisotopic (exact) mass is 465 g/mol. The molecule has 176 valence electrons. The lowest BCUT2D eigenvalue weighted by molar-refractivity contribution is 0.228. The van der Waals surface area contributed by atoms with Gasteiger partial charge in [0, 0.05) is 24.3 Å². The predicted molar refractivity (Wildman–Crippen MR) is 137 cm³/mol. The fourth-order valence-electron chi connectivity index (χ4n) is 5.03. The van der Waals surface area contributed by atoms with E-state index in [1.165, 1.54) is 11.3 Å². The van der Waals surface area contributed by atoms with Crippen molar-refractivity contribution in [2.45, 2.75) is 25.2 Å². The van der Waals surface area contributed by atoms with Crippen molar-refractivity contribution in [2.75, 3.05) is 11.4 Å². The highest BCUT2D eigenvalue weighted by molar-refractivity contribution is 5.84. The number of hydrogen-bond acceptors (Lipinski definition) is 7. The Morgan fingerprint density at radius 3 is 2.63 bits per heavy atom. The summed E-state index contributed by atoms with van der Waals surface area (Å²) in [5.41, 5.74) is 17.5. The Hall–Kier alpha value is -4.30. The molecule has 0 bridgehead atoms. The minimum atomic E-state index is -0.410. The second-order valence-corrected chi connectivity index (χ2v) is 8.89. The van der Waals surface area contributed by atoms with Crippen molar-refractivity contribution in [3.8, 4) is 11.5 Å². The average Bonchev–Trinajstić information content (AvgIpc) is 3.35. The van der Waals surface area contributed by atoms with Crippen molar-refractivity contribution in [2.24, 2.45) is 16.5 Å². The van der Waals surface area contributed by atoms with Gasteiger partial charge in [0.05, 0.1) is 17.8 Å². The van der Waals surface area contributed by atoms with Crippen LogP contribution in [0.2, 0.25) is 0 Å². The second-order valence-electron chi connectivity index (χ2n) is 8.89. The summed E-state index contributed by atoms with van der Waals surface area (Å²) in [6.07, 6.45) is 2.15. The van der Waals surface area contributed by atoms with E-state index >= 15 is 0 Å². The molecule has 4 aromatic rings. The van der Waals surface area contributed by atoms with Gasteiger partial charge in [-0.3, -0.25) is 5.10 Å². The van der Waals surface area contributed by atoms with Crippen LogP contribution in [-0.4, -0.2) is 33.6 Å². The molecule has 6 rings (SSSR count). The molecule has 0 spiro atoms. The van der Waals surface area contributed by atoms with E-state index in [4.69, 9.17) is 16.2 Å². The lowest BCUT2D eigenvalue weighted by atomic mass is 9.95. The van der Waals surface area contributed by atoms with Gasteiger partial charge in [-0.25, -0.2) is 0 Å². The van der Waals surface area contributed by atoms with Gasteiger partial charge >= 0.3 is 0 Å². The first-order valence-electron chi connectivity index (χ1n) is 11.7. The summed E-state index contributed by atoms with van der Waals surface area (Å²) in [4.78, 5) is 8.92. The molecule has 35 heavy (non-hydrogen) atoms. The third kappa shape index (κ3) is 3.98. The molecule has 5 N–H and O–H groups in total. The molecule has 3 aromatic carbocycles. The summed E-state index contributed by atoms with van der Waals surface area (Å²) in [6, 6.07) is 26.6. The van der Waals surface area contributed by atoms with Crippen LogP contribution in [0.15, 0.2) is 90.1 Å². The van der Waals surface area contributed by atoms with E-state index in [-0.39, 0.29) is 6.04 Å². The third-order valence-corrected chi connectivity index (χ3v) is 6.67. The minimum absolute atomic E-state index is 0.0499. The van der Waals surface area contributed by atoms with E-state index in [0.717, 1.165) is 35.6 Å². The first-order chi connectivity index (χ1) is 17.2. The van der Waals surface area contributed by atoms with Crippen LogP contribution in [0, 0.1) is 0 Å². The number of rotatable bonds is 5. The maximum Gasteiger partial charge on any atom is 0.199 e. The number of benzene rings is 3. The molecule has 2 aliphatic rings. The standard InChI is InChI=1S/C27H27N7O/c28-25-22-15-30-32-26(22)31-27(29)34(25)20-14-18-8-4-6-12-23(18)33(17-20)16-19-9-5-7-13-24(19)35-21-10-2-1-3-11-21/h1-13,15,20,25H,14,16-17,28H2,(H3,29,30,31,32). The third-order valence-electron chi connectivity index (χ3n) is 6.67. The molecule has 1 aromatic heterocycles. The molecule has 0 saturated carbocycles. The van der Waals surface area contributed by atoms with Crippen molar-refractivity contribution in [3.63, 3.8) is 0 Å². The van der Waals surface area contributed by atoms with Crippen molar-refractivity contribution >= 4 is 17.5 Å². The number of fused-ring (bicyclic) bond motifs is 2. The van der Waals surface area contributed by atoms with E-state index < -0.39 is 6.17 Å². The highest BCUT2D eigenvalue weighted by Gasteiger charge is 2.36. The van der Waals surface area contributed by atoms with Gasteiger partial charge in [-0.05, 0) is 36.2 Å². The zero-order valence-electron chi connectivity index (χ0n) is 19.2. The SMILES string of the molecule is NC1=Nc2[nH]ncc2C(N)N1C1Cc2ccccc2N(Cc2ccccc2Oc2ccccc2)C1. The number of aromatic nitrogens is 2. The molecule has 2 atom stereocenters. The maximum atomic E-state index is 6.65. The molecular formula is C27H27N7O. The van der Waals surface area contributed by atoms with E-state index in [1.54, 1.807) is 6.20 Å². The summed E-state index contributed by atoms with van der Waals surface area (Å²) in [7, 11) is 0. The molecule has 0 radical (unpaired) electrons. The largest absolute Gasteiger partial charge is 0.457 e. The number of H-pyrrole nitrogens is 1. The highest BCUT2D eigenvalue weighted by atomic mass is 16.5. The van der Waals surface area contributed by atoms with E-state index in [1.807, 2.05) is 53.4 Å². The number of ether oxygens (including phenoxy) is 1. The van der Waals surface area contributed by atoms with Gasteiger partial charge in [-0.2, -0.15) is 10.1 Å². The second kappa shape index (κ2) is 8.81. The number of nitrogens with one attached hydrogen (secondary N) is 1. The van der Waals surface area contributed by atoms with Crippen LogP contribution in [0.1, 0.15) is 22.9 Å². The number of anilines is 1. The number of hydrogen-bond donors (Lipinski definition) is 3. The number of nitrogens with zero attached hydrogens (tertiary/aromatic N) is 4. The average molecular weight is 466 g/mol. The van der Waals surface area contributed by atoms with Gasteiger partial charge in [0.2, 0.25) is 0 Å². The fourth-order valence-corrected chi connectivity index (χ4v) is 5.03. The van der Waals surface area contributed by atoms with Crippen molar-refractivity contribution in [1.82, 2.24) is 15.1 Å². The quantitative estimate of drug-likeness (QED) is 0.410. The highest BCUT2D eigenvalue weighted by Crippen LogP contribution is 2.36. The van der Waals surface area contributed by atoms with Crippen LogP contribution >= 0.6 is 0 Å². The lowest BCUT2D eigenvalue weighted by Crippen LogP contribution is -2.56. The molecule has 0 fully saturated rings. The number of nitrogens with two attached hydrogens (primary N) is 2. The van der Waals surface area contributed by atoms with Crippen LogP contribution in [-0.2, 0) is 13.0 Å². The van der Waals surface area contributed by atoms with Crippen LogP contribution in [0.4, 0.5) is 11.5 Å². The van der Waals surface area contributed by atoms with Gasteiger partial charge in [0.1, 0.15) is 17.7 Å². The Morgan fingerprint density at radius 1 is 0.971 bits per heavy atom. The number of para-hydroxylation sites is 3. The van der Waals surface area contributed by atoms with Gasteiger partial charge in [-0.15, -0.1) is 0 Å². The molecular weight excluding hydrogens is 438 g/mol. The first kappa shape index (κ1) is 21.2. The van der Waals surface area contributed by atoms with Crippen LogP contribution in [0.3, 0.4) is 0 Å². The number of aliphatic imine (C=N–C) groups is 1. The van der Waals surface area contributed by atoms with E-state index in [0.29, 0.717) is 18.3 Å². The Kier molecular flexibility index (Phi) is 5.35. The van der Waals surface area contributed by atoms with Gasteiger partial charge in [0.25, 0.3) is 0 Å². The zero-order chi connectivity index (χ0) is 23.8. The minimum Gasteiger partial charge on any atom is -0.457 e. The van der Waals surface area contributed by atoms with Crippen LogP contribution < -0.4 is 21.1 Å². The van der Waals surface area contributed by atoms with Crippen LogP contribution in [0.25, 0.3) is 0 Å². The Labute approximate surface area is 203 Å². The molecule has 0 amide bonds. The van der Waals surface area contributed by atoms with Crippen LogP contribution in [0.5, 0.6) is 11.5 Å². The molecule has 0 aliphatic carbocycles. The predicted octanol–water partition coefficient (Wildman–Crippen LogP) is 4.05. The summed E-state index contributed by atoms with van der Waals surface area (Å²) in [6.45, 7) is 1.43. The van der Waals surface area contributed by atoms with E-state index in [2.05, 4.69) is 50.4 Å². The molecule has 2 aliphatic heterocycles. The molecule has 0 saturated heterocycles. The summed E-state index contributed by atoms with van der Waals surface area (Å²) >= 11 is 0.